The fraction of sp³-hybridized carbons (Fsp3) is 0.211. The molecule has 3 aromatic rings. The maximum atomic E-state index is 12.6. The van der Waals surface area contributed by atoms with Gasteiger partial charge in [-0.05, 0) is 42.7 Å². The number of hydrogen-bond acceptors (Lipinski definition) is 3. The van der Waals surface area contributed by atoms with Gasteiger partial charge in [-0.25, -0.2) is 0 Å². The average Bonchev–Trinajstić information content (AvgIpc) is 3.28. The van der Waals surface area contributed by atoms with Gasteiger partial charge in [0.15, 0.2) is 0 Å². The minimum Gasteiger partial charge on any atom is -0.345 e. The zero-order chi connectivity index (χ0) is 18.3. The first-order valence-corrected chi connectivity index (χ1v) is 9.06. The van der Waals surface area contributed by atoms with Crippen LogP contribution in [0.3, 0.4) is 0 Å². The van der Waals surface area contributed by atoms with E-state index < -0.39 is 4.92 Å². The molecule has 1 N–H and O–H groups in total. The van der Waals surface area contributed by atoms with Crippen molar-refractivity contribution in [3.05, 3.63) is 74.9 Å². The highest BCUT2D eigenvalue weighted by Crippen LogP contribution is 2.45. The fourth-order valence-corrected chi connectivity index (χ4v) is 3.54. The van der Waals surface area contributed by atoms with Crippen LogP contribution in [0, 0.1) is 10.1 Å². The van der Waals surface area contributed by atoms with E-state index in [2.05, 4.69) is 21.2 Å². The highest BCUT2D eigenvalue weighted by molar-refractivity contribution is 9.10. The number of nitrogens with one attached hydrogen (secondary N) is 1. The van der Waals surface area contributed by atoms with Gasteiger partial charge < -0.3 is 9.88 Å². The average molecular weight is 414 g/mol. The van der Waals surface area contributed by atoms with Crippen LogP contribution in [-0.4, -0.2) is 15.4 Å². The molecule has 26 heavy (non-hydrogen) atoms. The van der Waals surface area contributed by atoms with E-state index in [0.29, 0.717) is 0 Å². The molecule has 1 fully saturated rings. The van der Waals surface area contributed by atoms with Crippen LogP contribution in [0.2, 0.25) is 0 Å². The lowest BCUT2D eigenvalue weighted by Crippen LogP contribution is -2.37. The largest absolute Gasteiger partial charge is 0.345 e. The van der Waals surface area contributed by atoms with Crippen LogP contribution in [0.4, 0.5) is 5.69 Å². The standard InChI is InChI=1S/C19H16BrN3O3/c20-15-3-1-14(2-4-15)19(8-9-19)21-18(24)12-22-10-7-13-11-16(23(25)26)5-6-17(13)22/h1-7,10-11H,8-9,12H2,(H,21,24). The second kappa shape index (κ2) is 6.25. The van der Waals surface area contributed by atoms with Crippen LogP contribution in [0.5, 0.6) is 0 Å². The lowest BCUT2D eigenvalue weighted by Gasteiger charge is -2.18. The molecule has 0 saturated heterocycles. The van der Waals surface area contributed by atoms with Gasteiger partial charge in [0, 0.05) is 33.7 Å². The summed E-state index contributed by atoms with van der Waals surface area (Å²) in [4.78, 5) is 23.0. The van der Waals surface area contributed by atoms with E-state index in [-0.39, 0.29) is 23.7 Å². The number of nitro benzene ring substituents is 1. The number of nitrogens with zero attached hydrogens (tertiary/aromatic N) is 2. The molecular weight excluding hydrogens is 398 g/mol. The third-order valence-electron chi connectivity index (χ3n) is 4.80. The van der Waals surface area contributed by atoms with Gasteiger partial charge >= 0.3 is 0 Å². The van der Waals surface area contributed by atoms with E-state index in [1.54, 1.807) is 18.3 Å². The molecule has 2 aromatic carbocycles. The van der Waals surface area contributed by atoms with Crippen LogP contribution in [0.15, 0.2) is 59.2 Å². The Morgan fingerprint density at radius 3 is 2.58 bits per heavy atom. The number of halogens is 1. The molecule has 1 aliphatic carbocycles. The number of aromatic nitrogens is 1. The molecule has 4 rings (SSSR count). The zero-order valence-corrected chi connectivity index (χ0v) is 15.4. The Morgan fingerprint density at radius 2 is 1.92 bits per heavy atom. The zero-order valence-electron chi connectivity index (χ0n) is 13.8. The lowest BCUT2D eigenvalue weighted by atomic mass is 10.1. The van der Waals surface area contributed by atoms with Crippen molar-refractivity contribution in [1.29, 1.82) is 0 Å². The number of nitro groups is 1. The molecule has 1 aliphatic rings. The van der Waals surface area contributed by atoms with Crippen molar-refractivity contribution in [2.75, 3.05) is 0 Å². The second-order valence-corrected chi connectivity index (χ2v) is 7.50. The second-order valence-electron chi connectivity index (χ2n) is 6.58. The molecule has 0 unspecified atom stereocenters. The number of carbonyl (C=O) groups excluding carboxylic acids is 1. The normalized spacial score (nSPS) is 15.0. The van der Waals surface area contributed by atoms with Gasteiger partial charge in [-0.2, -0.15) is 0 Å². The first-order valence-electron chi connectivity index (χ1n) is 8.27. The summed E-state index contributed by atoms with van der Waals surface area (Å²) in [6.45, 7) is 0.180. The molecule has 0 radical (unpaired) electrons. The molecule has 0 spiro atoms. The van der Waals surface area contributed by atoms with E-state index in [9.17, 15) is 14.9 Å². The number of non-ortho nitro benzene ring substituents is 1. The van der Waals surface area contributed by atoms with Crippen molar-refractivity contribution in [2.24, 2.45) is 0 Å². The first-order chi connectivity index (χ1) is 12.5. The Labute approximate surface area is 158 Å². The summed E-state index contributed by atoms with van der Waals surface area (Å²) in [5.41, 5.74) is 1.70. The molecule has 1 heterocycles. The van der Waals surface area contributed by atoms with Crippen molar-refractivity contribution in [3.8, 4) is 0 Å². The Bertz CT molecular complexity index is 1010. The summed E-state index contributed by atoms with van der Waals surface area (Å²) in [6.07, 6.45) is 3.64. The molecule has 1 aromatic heterocycles. The van der Waals surface area contributed by atoms with Gasteiger partial charge in [0.2, 0.25) is 5.91 Å². The number of carbonyl (C=O) groups is 1. The van der Waals surface area contributed by atoms with E-state index in [1.165, 1.54) is 12.1 Å². The monoisotopic (exact) mass is 413 g/mol. The van der Waals surface area contributed by atoms with Gasteiger partial charge in [0.05, 0.1) is 10.5 Å². The summed E-state index contributed by atoms with van der Waals surface area (Å²) in [5.74, 6) is -0.0683. The van der Waals surface area contributed by atoms with E-state index >= 15 is 0 Å². The van der Waals surface area contributed by atoms with Crippen molar-refractivity contribution in [3.63, 3.8) is 0 Å². The number of fused-ring (bicyclic) bond motifs is 1. The quantitative estimate of drug-likeness (QED) is 0.504. The number of rotatable bonds is 5. The van der Waals surface area contributed by atoms with Gasteiger partial charge in [0.25, 0.3) is 5.69 Å². The molecule has 0 aliphatic heterocycles. The van der Waals surface area contributed by atoms with Gasteiger partial charge in [0.1, 0.15) is 6.54 Å². The maximum absolute atomic E-state index is 12.6. The summed E-state index contributed by atoms with van der Waals surface area (Å²) >= 11 is 3.43. The van der Waals surface area contributed by atoms with Crippen molar-refractivity contribution < 1.29 is 9.72 Å². The lowest BCUT2D eigenvalue weighted by molar-refractivity contribution is -0.384. The molecular formula is C19H16BrN3O3. The van der Waals surface area contributed by atoms with Crippen molar-refractivity contribution in [1.82, 2.24) is 9.88 Å². The summed E-state index contributed by atoms with van der Waals surface area (Å²) in [6, 6.07) is 14.5. The Morgan fingerprint density at radius 1 is 1.19 bits per heavy atom. The fourth-order valence-electron chi connectivity index (χ4n) is 3.28. The highest BCUT2D eigenvalue weighted by atomic mass is 79.9. The number of benzene rings is 2. The topological polar surface area (TPSA) is 77.2 Å². The number of hydrogen-bond donors (Lipinski definition) is 1. The van der Waals surface area contributed by atoms with Gasteiger partial charge in [-0.3, -0.25) is 14.9 Å². The minimum atomic E-state index is -0.418. The summed E-state index contributed by atoms with van der Waals surface area (Å²) < 4.78 is 2.82. The minimum absolute atomic E-state index is 0.0480. The van der Waals surface area contributed by atoms with Crippen LogP contribution in [-0.2, 0) is 16.9 Å². The van der Waals surface area contributed by atoms with E-state index in [1.807, 2.05) is 28.8 Å². The Hall–Kier alpha value is -2.67. The Kier molecular flexibility index (Phi) is 4.03. The molecule has 1 saturated carbocycles. The van der Waals surface area contributed by atoms with Crippen LogP contribution < -0.4 is 5.32 Å². The van der Waals surface area contributed by atoms with Crippen molar-refractivity contribution >= 4 is 38.4 Å². The molecule has 0 atom stereocenters. The van der Waals surface area contributed by atoms with Crippen LogP contribution in [0.1, 0.15) is 18.4 Å². The smallest absolute Gasteiger partial charge is 0.270 e. The SMILES string of the molecule is O=C(Cn1ccc2cc([N+](=O)[O-])ccc21)NC1(c2ccc(Br)cc2)CC1. The molecule has 132 valence electrons. The van der Waals surface area contributed by atoms with Crippen molar-refractivity contribution in [2.45, 2.75) is 24.9 Å². The van der Waals surface area contributed by atoms with Gasteiger partial charge in [-0.15, -0.1) is 0 Å². The van der Waals surface area contributed by atoms with Crippen LogP contribution in [0.25, 0.3) is 10.9 Å². The highest BCUT2D eigenvalue weighted by Gasteiger charge is 2.45. The molecule has 6 nitrogen and oxygen atoms in total. The predicted molar refractivity (Wildman–Crippen MR) is 102 cm³/mol. The molecule has 7 heteroatoms. The summed E-state index contributed by atoms with van der Waals surface area (Å²) in [7, 11) is 0. The number of amides is 1. The predicted octanol–water partition coefficient (Wildman–Crippen LogP) is 4.12. The first kappa shape index (κ1) is 16.8. The van der Waals surface area contributed by atoms with Crippen LogP contribution >= 0.6 is 15.9 Å². The maximum Gasteiger partial charge on any atom is 0.270 e. The molecule has 1 amide bonds. The Balaban J connectivity index is 1.51. The summed E-state index contributed by atoms with van der Waals surface area (Å²) in [5, 5.41) is 14.8. The third kappa shape index (κ3) is 3.10. The van der Waals surface area contributed by atoms with Gasteiger partial charge in [-0.1, -0.05) is 28.1 Å². The van der Waals surface area contributed by atoms with E-state index in [0.717, 1.165) is 33.8 Å². The third-order valence-corrected chi connectivity index (χ3v) is 5.33. The van der Waals surface area contributed by atoms with E-state index in [4.69, 9.17) is 0 Å². The molecule has 0 bridgehead atoms.